The van der Waals surface area contributed by atoms with Crippen LogP contribution in [0.4, 0.5) is 15.8 Å². The van der Waals surface area contributed by atoms with Crippen LogP contribution in [0, 0.1) is 12.7 Å². The minimum Gasteiger partial charge on any atom is -0.370 e. The number of nitrogens with zero attached hydrogens (tertiary/aromatic N) is 2. The number of halogens is 1. The molecular formula is C20H20FN3OS2. The maximum Gasteiger partial charge on any atom is 0.267 e. The first-order valence-electron chi connectivity index (χ1n) is 8.97. The number of hydrogen-bond acceptors (Lipinski definition) is 5. The highest BCUT2D eigenvalue weighted by Crippen LogP contribution is 2.32. The van der Waals surface area contributed by atoms with Crippen molar-refractivity contribution in [3.63, 3.8) is 0 Å². The number of thiazole rings is 1. The molecular weight excluding hydrogens is 381 g/mol. The molecule has 1 aliphatic heterocycles. The Morgan fingerprint density at radius 2 is 2.04 bits per heavy atom. The van der Waals surface area contributed by atoms with Gasteiger partial charge in [0.25, 0.3) is 5.91 Å². The maximum absolute atomic E-state index is 13.9. The fourth-order valence-corrected chi connectivity index (χ4v) is 4.99. The molecule has 0 saturated carbocycles. The molecule has 1 aromatic carbocycles. The zero-order valence-corrected chi connectivity index (χ0v) is 16.6. The second kappa shape index (κ2) is 7.78. The molecule has 1 N–H and O–H groups in total. The van der Waals surface area contributed by atoms with Crippen molar-refractivity contribution >= 4 is 40.0 Å². The van der Waals surface area contributed by atoms with E-state index in [4.69, 9.17) is 0 Å². The van der Waals surface area contributed by atoms with Crippen LogP contribution in [0.2, 0.25) is 0 Å². The Morgan fingerprint density at radius 3 is 2.78 bits per heavy atom. The number of rotatable bonds is 4. The summed E-state index contributed by atoms with van der Waals surface area (Å²) >= 11 is 2.97. The molecule has 0 atom stereocenters. The van der Waals surface area contributed by atoms with E-state index in [1.807, 2.05) is 23.8 Å². The van der Waals surface area contributed by atoms with E-state index in [-0.39, 0.29) is 11.7 Å². The number of anilines is 2. The summed E-state index contributed by atoms with van der Waals surface area (Å²) in [5.74, 6) is -0.596. The zero-order chi connectivity index (χ0) is 18.8. The van der Waals surface area contributed by atoms with Gasteiger partial charge >= 0.3 is 0 Å². The first-order chi connectivity index (χ1) is 13.1. The number of nitrogens with one attached hydrogen (secondary N) is 1. The molecule has 27 heavy (non-hydrogen) atoms. The maximum atomic E-state index is 13.9. The summed E-state index contributed by atoms with van der Waals surface area (Å²) in [4.78, 5) is 20.2. The molecule has 1 fully saturated rings. The minimum absolute atomic E-state index is 0.240. The van der Waals surface area contributed by atoms with E-state index in [0.717, 1.165) is 42.2 Å². The van der Waals surface area contributed by atoms with Crippen molar-refractivity contribution in [2.24, 2.45) is 0 Å². The number of thiophene rings is 1. The van der Waals surface area contributed by atoms with Crippen LogP contribution in [0.1, 0.15) is 34.6 Å². The summed E-state index contributed by atoms with van der Waals surface area (Å²) in [5, 5.41) is 7.75. The Balaban J connectivity index is 1.60. The number of aryl methyl sites for hydroxylation is 1. The van der Waals surface area contributed by atoms with Gasteiger partial charge in [-0.3, -0.25) is 4.79 Å². The van der Waals surface area contributed by atoms with Crippen molar-refractivity contribution in [3.05, 3.63) is 51.4 Å². The van der Waals surface area contributed by atoms with Crippen LogP contribution < -0.4 is 10.2 Å². The molecule has 3 heterocycles. The molecule has 0 unspecified atom stereocenters. The normalized spacial score (nSPS) is 14.4. The molecule has 2 aromatic heterocycles. The Labute approximate surface area is 165 Å². The zero-order valence-electron chi connectivity index (χ0n) is 15.0. The lowest BCUT2D eigenvalue weighted by atomic mass is 10.1. The van der Waals surface area contributed by atoms with Crippen LogP contribution in [-0.4, -0.2) is 24.0 Å². The van der Waals surface area contributed by atoms with E-state index >= 15 is 0 Å². The Bertz CT molecular complexity index is 946. The number of aromatic nitrogens is 1. The largest absolute Gasteiger partial charge is 0.370 e. The molecule has 1 amide bonds. The van der Waals surface area contributed by atoms with E-state index in [1.54, 1.807) is 17.4 Å². The van der Waals surface area contributed by atoms with Crippen molar-refractivity contribution in [1.29, 1.82) is 0 Å². The number of amides is 1. The molecule has 0 radical (unpaired) electrons. The summed E-state index contributed by atoms with van der Waals surface area (Å²) in [5.41, 5.74) is 3.11. The number of carbonyl (C=O) groups is 1. The van der Waals surface area contributed by atoms with E-state index in [2.05, 4.69) is 15.2 Å². The van der Waals surface area contributed by atoms with Crippen LogP contribution in [0.25, 0.3) is 10.6 Å². The van der Waals surface area contributed by atoms with Crippen LogP contribution in [0.5, 0.6) is 0 Å². The molecule has 7 heteroatoms. The van der Waals surface area contributed by atoms with Crippen molar-refractivity contribution in [2.45, 2.75) is 26.2 Å². The van der Waals surface area contributed by atoms with Gasteiger partial charge < -0.3 is 10.2 Å². The lowest BCUT2D eigenvalue weighted by Crippen LogP contribution is -2.30. The average molecular weight is 402 g/mol. The fourth-order valence-electron chi connectivity index (χ4n) is 3.31. The molecule has 0 spiro atoms. The second-order valence-electron chi connectivity index (χ2n) is 6.61. The van der Waals surface area contributed by atoms with Gasteiger partial charge in [0.2, 0.25) is 0 Å². The highest BCUT2D eigenvalue weighted by molar-refractivity contribution is 7.17. The van der Waals surface area contributed by atoms with E-state index in [9.17, 15) is 9.18 Å². The monoisotopic (exact) mass is 401 g/mol. The van der Waals surface area contributed by atoms with Gasteiger partial charge in [-0.05, 0) is 55.8 Å². The highest BCUT2D eigenvalue weighted by atomic mass is 32.1. The number of hydrogen-bond donors (Lipinski definition) is 1. The lowest BCUT2D eigenvalue weighted by Gasteiger charge is -2.30. The third-order valence-corrected chi connectivity index (χ3v) is 6.56. The van der Waals surface area contributed by atoms with Crippen molar-refractivity contribution < 1.29 is 9.18 Å². The number of carbonyl (C=O) groups excluding carboxylic acids is 1. The molecule has 1 aliphatic rings. The standard InChI is InChI=1S/C20H20FN3OS2/c1-13-18(27-20(22-13)14-7-10-26-12-14)19(25)23-16-11-15(21)5-6-17(16)24-8-3-2-4-9-24/h5-7,10-12H,2-4,8-9H2,1H3,(H,23,25). The molecule has 1 saturated heterocycles. The van der Waals surface area contributed by atoms with E-state index < -0.39 is 0 Å². The van der Waals surface area contributed by atoms with Crippen LogP contribution in [0.3, 0.4) is 0 Å². The third kappa shape index (κ3) is 3.89. The van der Waals surface area contributed by atoms with Gasteiger partial charge in [0, 0.05) is 24.0 Å². The smallest absolute Gasteiger partial charge is 0.267 e. The van der Waals surface area contributed by atoms with Crippen LogP contribution in [0.15, 0.2) is 35.0 Å². The number of piperidine rings is 1. The first-order valence-corrected chi connectivity index (χ1v) is 10.7. The quantitative estimate of drug-likeness (QED) is 0.622. The lowest BCUT2D eigenvalue weighted by molar-refractivity contribution is 0.103. The highest BCUT2D eigenvalue weighted by Gasteiger charge is 2.20. The minimum atomic E-state index is -0.356. The Kier molecular flexibility index (Phi) is 5.22. The third-order valence-electron chi connectivity index (χ3n) is 4.67. The summed E-state index contributed by atoms with van der Waals surface area (Å²) in [7, 11) is 0. The summed E-state index contributed by atoms with van der Waals surface area (Å²) in [6.45, 7) is 3.69. The summed E-state index contributed by atoms with van der Waals surface area (Å²) in [6.07, 6.45) is 3.44. The van der Waals surface area contributed by atoms with Gasteiger partial charge in [-0.15, -0.1) is 11.3 Å². The predicted octanol–water partition coefficient (Wildman–Crippen LogP) is 5.56. The van der Waals surface area contributed by atoms with Gasteiger partial charge in [0.05, 0.1) is 17.1 Å². The van der Waals surface area contributed by atoms with Gasteiger partial charge in [-0.2, -0.15) is 11.3 Å². The molecule has 0 aliphatic carbocycles. The molecule has 4 rings (SSSR count). The van der Waals surface area contributed by atoms with Gasteiger partial charge in [0.15, 0.2) is 0 Å². The molecule has 4 nitrogen and oxygen atoms in total. The van der Waals surface area contributed by atoms with Crippen LogP contribution in [-0.2, 0) is 0 Å². The topological polar surface area (TPSA) is 45.2 Å². The molecule has 140 valence electrons. The molecule has 0 bridgehead atoms. The van der Waals surface area contributed by atoms with Crippen LogP contribution >= 0.6 is 22.7 Å². The Hall–Kier alpha value is -2.25. The second-order valence-corrected chi connectivity index (χ2v) is 8.39. The van der Waals surface area contributed by atoms with Crippen molar-refractivity contribution in [2.75, 3.05) is 23.3 Å². The van der Waals surface area contributed by atoms with Gasteiger partial charge in [-0.1, -0.05) is 0 Å². The Morgan fingerprint density at radius 1 is 1.22 bits per heavy atom. The summed E-state index contributed by atoms with van der Waals surface area (Å²) < 4.78 is 13.9. The average Bonchev–Trinajstić information content (AvgIpc) is 3.32. The number of benzene rings is 1. The van der Waals surface area contributed by atoms with E-state index in [0.29, 0.717) is 16.3 Å². The van der Waals surface area contributed by atoms with Gasteiger partial charge in [-0.25, -0.2) is 9.37 Å². The summed E-state index contributed by atoms with van der Waals surface area (Å²) in [6, 6.07) is 6.60. The van der Waals surface area contributed by atoms with Crippen molar-refractivity contribution in [3.8, 4) is 10.6 Å². The van der Waals surface area contributed by atoms with E-state index in [1.165, 1.54) is 29.9 Å². The molecule has 3 aromatic rings. The fraction of sp³-hybridized carbons (Fsp3) is 0.300. The van der Waals surface area contributed by atoms with Crippen molar-refractivity contribution in [1.82, 2.24) is 4.98 Å². The SMILES string of the molecule is Cc1nc(-c2ccsc2)sc1C(=O)Nc1cc(F)ccc1N1CCCCC1. The van der Waals surface area contributed by atoms with Gasteiger partial charge in [0.1, 0.15) is 15.7 Å². The predicted molar refractivity (Wildman–Crippen MR) is 111 cm³/mol. The first kappa shape index (κ1) is 18.1.